The van der Waals surface area contributed by atoms with Crippen LogP contribution in [0.1, 0.15) is 28.7 Å². The topological polar surface area (TPSA) is 63.5 Å². The summed E-state index contributed by atoms with van der Waals surface area (Å²) in [6.07, 6.45) is 0. The van der Waals surface area contributed by atoms with Crippen LogP contribution in [-0.4, -0.2) is 65.0 Å². The Kier molecular flexibility index (Phi) is 7.46. The lowest BCUT2D eigenvalue weighted by Crippen LogP contribution is -2.43. The molecule has 1 aromatic carbocycles. The fourth-order valence-corrected chi connectivity index (χ4v) is 4.68. The van der Waals surface area contributed by atoms with Gasteiger partial charge in [-0.15, -0.1) is 12.4 Å². The van der Waals surface area contributed by atoms with Crippen molar-refractivity contribution in [1.82, 2.24) is 19.7 Å². The molecule has 1 fully saturated rings. The first kappa shape index (κ1) is 22.7. The van der Waals surface area contributed by atoms with Gasteiger partial charge < -0.3 is 4.74 Å². The smallest absolute Gasteiger partial charge is 0.280 e. The van der Waals surface area contributed by atoms with Crippen molar-refractivity contribution in [1.29, 1.82) is 0 Å². The molecule has 1 amide bonds. The fraction of sp³-hybridized carbons (Fsp3) is 0.476. The van der Waals surface area contributed by atoms with E-state index in [1.807, 2.05) is 30.7 Å². The molecule has 1 aliphatic heterocycles. The number of carbonyl (C=O) groups is 1. The molecule has 9 heteroatoms. The van der Waals surface area contributed by atoms with Gasteiger partial charge in [0.2, 0.25) is 0 Å². The van der Waals surface area contributed by atoms with Crippen LogP contribution < -0.4 is 4.90 Å². The summed E-state index contributed by atoms with van der Waals surface area (Å²) < 4.78 is 8.40. The molecular formula is C21H28ClN5O2S. The number of aryl methyl sites for hydroxylation is 3. The lowest BCUT2D eigenvalue weighted by molar-refractivity contribution is 0.0391. The number of amides is 1. The van der Waals surface area contributed by atoms with Crippen LogP contribution in [0.3, 0.4) is 0 Å². The Balaban J connectivity index is 0.00000256. The van der Waals surface area contributed by atoms with Crippen molar-refractivity contribution in [2.75, 3.05) is 44.3 Å². The third kappa shape index (κ3) is 4.67. The minimum Gasteiger partial charge on any atom is -0.379 e. The summed E-state index contributed by atoms with van der Waals surface area (Å²) >= 11 is 1.56. The Hall–Kier alpha value is -2.00. The SMILES string of the molecule is CCn1nc(C(=O)N(CCN2CCOCC2)c2nc3c(C)cccc3s2)cc1C.Cl. The number of nitrogens with zero attached hydrogens (tertiary/aromatic N) is 5. The largest absolute Gasteiger partial charge is 0.379 e. The van der Waals surface area contributed by atoms with Gasteiger partial charge in [-0.1, -0.05) is 23.5 Å². The normalized spacial score (nSPS) is 14.6. The van der Waals surface area contributed by atoms with Gasteiger partial charge in [0, 0.05) is 38.4 Å². The molecule has 7 nitrogen and oxygen atoms in total. The van der Waals surface area contributed by atoms with Crippen LogP contribution in [0.15, 0.2) is 24.3 Å². The number of fused-ring (bicyclic) bond motifs is 1. The summed E-state index contributed by atoms with van der Waals surface area (Å²) in [4.78, 5) is 22.4. The van der Waals surface area contributed by atoms with Gasteiger partial charge in [-0.25, -0.2) is 4.98 Å². The van der Waals surface area contributed by atoms with E-state index in [4.69, 9.17) is 9.72 Å². The van der Waals surface area contributed by atoms with E-state index in [0.29, 0.717) is 12.2 Å². The number of aromatic nitrogens is 3. The first-order chi connectivity index (χ1) is 14.1. The van der Waals surface area contributed by atoms with Crippen molar-refractivity contribution in [2.45, 2.75) is 27.3 Å². The number of halogens is 1. The number of hydrogen-bond acceptors (Lipinski definition) is 6. The molecule has 0 aliphatic carbocycles. The van der Waals surface area contributed by atoms with Gasteiger partial charge >= 0.3 is 0 Å². The lowest BCUT2D eigenvalue weighted by atomic mass is 10.2. The number of ether oxygens (including phenoxy) is 1. The first-order valence-corrected chi connectivity index (χ1v) is 10.9. The van der Waals surface area contributed by atoms with Crippen LogP contribution in [0, 0.1) is 13.8 Å². The van der Waals surface area contributed by atoms with Crippen molar-refractivity contribution >= 4 is 45.0 Å². The Morgan fingerprint density at radius 3 is 2.70 bits per heavy atom. The second kappa shape index (κ2) is 9.87. The average molecular weight is 450 g/mol. The molecular weight excluding hydrogens is 422 g/mol. The quantitative estimate of drug-likeness (QED) is 0.576. The summed E-state index contributed by atoms with van der Waals surface area (Å²) in [6.45, 7) is 11.4. The molecule has 0 N–H and O–H groups in total. The molecule has 0 atom stereocenters. The molecule has 4 rings (SSSR count). The minimum atomic E-state index is -0.0923. The molecule has 0 radical (unpaired) electrons. The molecule has 0 bridgehead atoms. The van der Waals surface area contributed by atoms with Crippen LogP contribution in [0.25, 0.3) is 10.2 Å². The van der Waals surface area contributed by atoms with Gasteiger partial charge in [-0.2, -0.15) is 5.10 Å². The van der Waals surface area contributed by atoms with E-state index >= 15 is 0 Å². The number of carbonyl (C=O) groups excluding carboxylic acids is 1. The number of para-hydroxylation sites is 1. The highest BCUT2D eigenvalue weighted by Gasteiger charge is 2.25. The maximum atomic E-state index is 13.4. The summed E-state index contributed by atoms with van der Waals surface area (Å²) in [5, 5.41) is 5.24. The third-order valence-corrected chi connectivity index (χ3v) is 6.37. The Bertz CT molecular complexity index is 1010. The second-order valence-corrected chi connectivity index (χ2v) is 8.32. The van der Waals surface area contributed by atoms with E-state index in [0.717, 1.165) is 66.0 Å². The predicted octanol–water partition coefficient (Wildman–Crippen LogP) is 3.53. The second-order valence-electron chi connectivity index (χ2n) is 7.32. The summed E-state index contributed by atoms with van der Waals surface area (Å²) in [5.41, 5.74) is 3.55. The molecule has 2 aromatic heterocycles. The van der Waals surface area contributed by atoms with E-state index < -0.39 is 0 Å². The summed E-state index contributed by atoms with van der Waals surface area (Å²) in [5.74, 6) is -0.0923. The first-order valence-electron chi connectivity index (χ1n) is 10.1. The van der Waals surface area contributed by atoms with Gasteiger partial charge in [0.15, 0.2) is 10.8 Å². The minimum absolute atomic E-state index is 0. The zero-order valence-electron chi connectivity index (χ0n) is 17.6. The fourth-order valence-electron chi connectivity index (χ4n) is 3.61. The number of thiazole rings is 1. The molecule has 30 heavy (non-hydrogen) atoms. The number of rotatable bonds is 6. The highest BCUT2D eigenvalue weighted by Crippen LogP contribution is 2.31. The number of morpholine rings is 1. The van der Waals surface area contributed by atoms with Crippen molar-refractivity contribution in [3.63, 3.8) is 0 Å². The van der Waals surface area contributed by atoms with Crippen LogP contribution in [0.4, 0.5) is 5.13 Å². The lowest BCUT2D eigenvalue weighted by Gasteiger charge is -2.29. The zero-order chi connectivity index (χ0) is 20.4. The highest BCUT2D eigenvalue weighted by atomic mass is 35.5. The van der Waals surface area contributed by atoms with Crippen LogP contribution >= 0.6 is 23.7 Å². The maximum absolute atomic E-state index is 13.4. The van der Waals surface area contributed by atoms with Gasteiger partial charge in [0.1, 0.15) is 0 Å². The van der Waals surface area contributed by atoms with E-state index in [9.17, 15) is 4.79 Å². The van der Waals surface area contributed by atoms with Gasteiger partial charge in [0.25, 0.3) is 5.91 Å². The highest BCUT2D eigenvalue weighted by molar-refractivity contribution is 7.22. The number of anilines is 1. The Labute approximate surface area is 187 Å². The van der Waals surface area contributed by atoms with E-state index in [1.54, 1.807) is 16.2 Å². The standard InChI is InChI=1S/C21H27N5O2S.ClH/c1-4-26-16(3)14-17(23-26)20(27)25(9-8-24-10-12-28-13-11-24)21-22-19-15(2)6-5-7-18(19)29-21;/h5-7,14H,4,8-13H2,1-3H3;1H. The molecule has 3 heterocycles. The monoisotopic (exact) mass is 449 g/mol. The summed E-state index contributed by atoms with van der Waals surface area (Å²) in [7, 11) is 0. The van der Waals surface area contributed by atoms with Gasteiger partial charge in [-0.05, 0) is 38.5 Å². The predicted molar refractivity (Wildman–Crippen MR) is 123 cm³/mol. The summed E-state index contributed by atoms with van der Waals surface area (Å²) in [6, 6.07) is 8.01. The Morgan fingerprint density at radius 1 is 1.27 bits per heavy atom. The molecule has 3 aromatic rings. The molecule has 0 spiro atoms. The molecule has 0 saturated carbocycles. The molecule has 0 unspecified atom stereocenters. The van der Waals surface area contributed by atoms with Crippen LogP contribution in [-0.2, 0) is 11.3 Å². The van der Waals surface area contributed by atoms with Crippen molar-refractivity contribution in [3.8, 4) is 0 Å². The van der Waals surface area contributed by atoms with E-state index in [2.05, 4.69) is 29.1 Å². The van der Waals surface area contributed by atoms with E-state index in [-0.39, 0.29) is 18.3 Å². The molecule has 1 aliphatic rings. The van der Waals surface area contributed by atoms with Crippen LogP contribution in [0.5, 0.6) is 0 Å². The molecule has 162 valence electrons. The van der Waals surface area contributed by atoms with Crippen LogP contribution in [0.2, 0.25) is 0 Å². The zero-order valence-corrected chi connectivity index (χ0v) is 19.3. The average Bonchev–Trinajstić information content (AvgIpc) is 3.33. The molecule has 1 saturated heterocycles. The third-order valence-electron chi connectivity index (χ3n) is 5.33. The maximum Gasteiger partial charge on any atom is 0.280 e. The van der Waals surface area contributed by atoms with Crippen molar-refractivity contribution in [2.24, 2.45) is 0 Å². The van der Waals surface area contributed by atoms with Crippen molar-refractivity contribution in [3.05, 3.63) is 41.2 Å². The number of benzene rings is 1. The van der Waals surface area contributed by atoms with Crippen molar-refractivity contribution < 1.29 is 9.53 Å². The van der Waals surface area contributed by atoms with Gasteiger partial charge in [-0.3, -0.25) is 19.3 Å². The number of hydrogen-bond donors (Lipinski definition) is 0. The Morgan fingerprint density at radius 2 is 2.03 bits per heavy atom. The van der Waals surface area contributed by atoms with Gasteiger partial charge in [0.05, 0.1) is 23.4 Å². The van der Waals surface area contributed by atoms with E-state index in [1.165, 1.54) is 0 Å².